The number of rotatable bonds is 5. The molecule has 4 aromatic rings. The minimum absolute atomic E-state index is 0.0214. The lowest BCUT2D eigenvalue weighted by atomic mass is 10.1. The summed E-state index contributed by atoms with van der Waals surface area (Å²) < 4.78 is 2.09. The van der Waals surface area contributed by atoms with E-state index in [9.17, 15) is 4.79 Å². The van der Waals surface area contributed by atoms with E-state index in [1.165, 1.54) is 0 Å². The first-order valence-electron chi connectivity index (χ1n) is 8.55. The molecule has 1 atom stereocenters. The Labute approximate surface area is 160 Å². The fraction of sp³-hybridized carbons (Fsp3) is 0.143. The fourth-order valence-corrected chi connectivity index (χ4v) is 5.13. The third-order valence-corrected chi connectivity index (χ3v) is 6.72. The van der Waals surface area contributed by atoms with Crippen molar-refractivity contribution in [2.45, 2.75) is 22.9 Å². The van der Waals surface area contributed by atoms with Crippen molar-refractivity contribution in [2.75, 3.05) is 5.32 Å². The Morgan fingerprint density at radius 3 is 2.69 bits per heavy atom. The van der Waals surface area contributed by atoms with Crippen molar-refractivity contribution < 1.29 is 4.79 Å². The number of anilines is 1. The Morgan fingerprint density at radius 1 is 1.08 bits per heavy atom. The molecule has 0 saturated heterocycles. The minimum atomic E-state index is -0.172. The number of carbonyl (C=O) groups is 1. The molecule has 0 saturated carbocycles. The number of carbonyl (C=O) groups excluding carboxylic acids is 1. The number of para-hydroxylation sites is 1. The van der Waals surface area contributed by atoms with E-state index >= 15 is 0 Å². The molecule has 1 N–H and O–H groups in total. The predicted octanol–water partition coefficient (Wildman–Crippen LogP) is 5.96. The number of nitrogens with zero attached hydrogens (tertiary/aromatic N) is 1. The lowest BCUT2D eigenvalue weighted by Crippen LogP contribution is -2.24. The van der Waals surface area contributed by atoms with Crippen molar-refractivity contribution in [1.82, 2.24) is 4.98 Å². The predicted molar refractivity (Wildman–Crippen MR) is 112 cm³/mol. The van der Waals surface area contributed by atoms with E-state index in [2.05, 4.69) is 28.5 Å². The molecule has 0 aliphatic carbocycles. The van der Waals surface area contributed by atoms with Crippen LogP contribution in [0.1, 0.15) is 13.3 Å². The first kappa shape index (κ1) is 17.1. The van der Waals surface area contributed by atoms with Gasteiger partial charge in [-0.3, -0.25) is 4.79 Å². The van der Waals surface area contributed by atoms with E-state index in [1.807, 2.05) is 55.5 Å². The monoisotopic (exact) mass is 378 g/mol. The van der Waals surface area contributed by atoms with Gasteiger partial charge in [0.25, 0.3) is 0 Å². The van der Waals surface area contributed by atoms with Gasteiger partial charge in [0.1, 0.15) is 0 Å². The summed E-state index contributed by atoms with van der Waals surface area (Å²) in [6.45, 7) is 2.04. The van der Waals surface area contributed by atoms with Gasteiger partial charge in [-0.1, -0.05) is 67.2 Å². The van der Waals surface area contributed by atoms with E-state index in [0.29, 0.717) is 0 Å². The van der Waals surface area contributed by atoms with E-state index in [4.69, 9.17) is 0 Å². The molecule has 3 aromatic carbocycles. The zero-order valence-electron chi connectivity index (χ0n) is 14.3. The van der Waals surface area contributed by atoms with Crippen LogP contribution in [-0.2, 0) is 4.79 Å². The average Bonchev–Trinajstić information content (AvgIpc) is 3.09. The summed E-state index contributed by atoms with van der Waals surface area (Å²) in [7, 11) is 0. The van der Waals surface area contributed by atoms with Crippen LogP contribution in [0.5, 0.6) is 0 Å². The summed E-state index contributed by atoms with van der Waals surface area (Å²) in [6, 6.07) is 22.1. The van der Waals surface area contributed by atoms with Crippen LogP contribution in [0, 0.1) is 0 Å². The van der Waals surface area contributed by atoms with Crippen molar-refractivity contribution in [3.8, 4) is 0 Å². The van der Waals surface area contributed by atoms with Crippen LogP contribution in [0.25, 0.3) is 21.0 Å². The summed E-state index contributed by atoms with van der Waals surface area (Å²) in [5.74, 6) is 0.0214. The maximum Gasteiger partial charge on any atom is 0.237 e. The Morgan fingerprint density at radius 2 is 1.85 bits per heavy atom. The highest BCUT2D eigenvalue weighted by molar-refractivity contribution is 8.02. The number of amides is 1. The van der Waals surface area contributed by atoms with E-state index < -0.39 is 0 Å². The SMILES string of the molecule is CCC(Sc1nc2ccccc2s1)C(=O)Nc1cccc2ccccc12. The molecule has 0 fully saturated rings. The third-order valence-electron chi connectivity index (χ3n) is 4.23. The van der Waals surface area contributed by atoms with Crippen LogP contribution in [-0.4, -0.2) is 16.1 Å². The second-order valence-corrected chi connectivity index (χ2v) is 8.46. The summed E-state index contributed by atoms with van der Waals surface area (Å²) in [4.78, 5) is 17.5. The fourth-order valence-electron chi connectivity index (χ4n) is 2.89. The standard InChI is InChI=1S/C21H18N2OS2/c1-2-18(25-21-23-17-11-5-6-13-19(17)26-21)20(24)22-16-12-7-9-14-8-3-4-10-15(14)16/h3-13,18H,2H2,1H3,(H,22,24). The second kappa shape index (κ2) is 7.48. The van der Waals surface area contributed by atoms with Gasteiger partial charge in [0, 0.05) is 11.1 Å². The molecule has 5 heteroatoms. The van der Waals surface area contributed by atoms with Crippen LogP contribution < -0.4 is 5.32 Å². The molecule has 1 heterocycles. The first-order chi connectivity index (χ1) is 12.7. The molecule has 26 heavy (non-hydrogen) atoms. The largest absolute Gasteiger partial charge is 0.325 e. The summed E-state index contributed by atoms with van der Waals surface area (Å²) in [6.07, 6.45) is 0.747. The Kier molecular flexibility index (Phi) is 4.91. The maximum absolute atomic E-state index is 12.9. The smallest absolute Gasteiger partial charge is 0.237 e. The lowest BCUT2D eigenvalue weighted by Gasteiger charge is -2.14. The number of benzene rings is 3. The molecule has 4 rings (SSSR count). The molecule has 1 unspecified atom stereocenters. The van der Waals surface area contributed by atoms with Gasteiger partial charge in [0.2, 0.25) is 5.91 Å². The number of nitrogens with one attached hydrogen (secondary N) is 1. The first-order valence-corrected chi connectivity index (χ1v) is 10.2. The van der Waals surface area contributed by atoms with Crippen molar-refractivity contribution >= 4 is 55.7 Å². The molecule has 130 valence electrons. The van der Waals surface area contributed by atoms with Gasteiger partial charge in [-0.15, -0.1) is 11.3 Å². The van der Waals surface area contributed by atoms with Crippen LogP contribution in [0.3, 0.4) is 0 Å². The normalized spacial score (nSPS) is 12.3. The average molecular weight is 379 g/mol. The second-order valence-electron chi connectivity index (χ2n) is 5.98. The highest BCUT2D eigenvalue weighted by Crippen LogP contribution is 2.34. The highest BCUT2D eigenvalue weighted by atomic mass is 32.2. The number of thioether (sulfide) groups is 1. The zero-order chi connectivity index (χ0) is 17.9. The molecule has 0 bridgehead atoms. The van der Waals surface area contributed by atoms with Crippen molar-refractivity contribution in [1.29, 1.82) is 0 Å². The van der Waals surface area contributed by atoms with Crippen LogP contribution in [0.2, 0.25) is 0 Å². The number of fused-ring (bicyclic) bond motifs is 2. The summed E-state index contributed by atoms with van der Waals surface area (Å²) in [5, 5.41) is 5.12. The number of aromatic nitrogens is 1. The number of hydrogen-bond donors (Lipinski definition) is 1. The van der Waals surface area contributed by atoms with Crippen LogP contribution in [0.4, 0.5) is 5.69 Å². The Bertz CT molecular complexity index is 1040. The van der Waals surface area contributed by atoms with Gasteiger partial charge in [-0.2, -0.15) is 0 Å². The van der Waals surface area contributed by atoms with Crippen molar-refractivity contribution in [3.05, 3.63) is 66.7 Å². The molecular weight excluding hydrogens is 360 g/mol. The van der Waals surface area contributed by atoms with Gasteiger partial charge < -0.3 is 5.32 Å². The minimum Gasteiger partial charge on any atom is -0.325 e. The van der Waals surface area contributed by atoms with E-state index in [0.717, 1.165) is 37.4 Å². The molecule has 0 radical (unpaired) electrons. The summed E-state index contributed by atoms with van der Waals surface area (Å²) >= 11 is 3.18. The molecule has 1 amide bonds. The molecule has 0 spiro atoms. The van der Waals surface area contributed by atoms with E-state index in [-0.39, 0.29) is 11.2 Å². The quantitative estimate of drug-likeness (QED) is 0.436. The van der Waals surface area contributed by atoms with Gasteiger partial charge >= 0.3 is 0 Å². The van der Waals surface area contributed by atoms with Crippen molar-refractivity contribution in [2.24, 2.45) is 0 Å². The maximum atomic E-state index is 12.9. The topological polar surface area (TPSA) is 42.0 Å². The van der Waals surface area contributed by atoms with Crippen LogP contribution in [0.15, 0.2) is 71.1 Å². The summed E-state index contributed by atoms with van der Waals surface area (Å²) in [5.41, 5.74) is 1.85. The van der Waals surface area contributed by atoms with Gasteiger partial charge in [-0.05, 0) is 30.0 Å². The van der Waals surface area contributed by atoms with Crippen molar-refractivity contribution in [3.63, 3.8) is 0 Å². The molecule has 3 nitrogen and oxygen atoms in total. The molecule has 0 aliphatic heterocycles. The lowest BCUT2D eigenvalue weighted by molar-refractivity contribution is -0.115. The molecule has 0 aliphatic rings. The molecular formula is C21H18N2OS2. The Balaban J connectivity index is 1.55. The number of hydrogen-bond acceptors (Lipinski definition) is 4. The van der Waals surface area contributed by atoms with Gasteiger partial charge in [-0.25, -0.2) is 4.98 Å². The zero-order valence-corrected chi connectivity index (χ0v) is 15.9. The van der Waals surface area contributed by atoms with Gasteiger partial charge in [0.05, 0.1) is 15.5 Å². The third kappa shape index (κ3) is 3.45. The van der Waals surface area contributed by atoms with E-state index in [1.54, 1.807) is 23.1 Å². The van der Waals surface area contributed by atoms with Crippen LogP contribution >= 0.6 is 23.1 Å². The highest BCUT2D eigenvalue weighted by Gasteiger charge is 2.20. The molecule has 1 aromatic heterocycles. The Hall–Kier alpha value is -2.37. The number of thiazole rings is 1. The van der Waals surface area contributed by atoms with Gasteiger partial charge in [0.15, 0.2) is 4.34 Å².